The molecular weight excluding hydrogens is 578 g/mol. The van der Waals surface area contributed by atoms with Crippen LogP contribution in [0.25, 0.3) is 33.8 Å². The molecule has 2 saturated carbocycles. The standard InChI is InChI=1S/C38H43N3O5/c1-6-45-37(43)31-21-39-41(27-13-14-27)34(31)26-18-25-19-28(44-5)15-17-29(25)35-33(23-10-8-7-9-11-23)30-16-12-24(20-32(30)40(35)22-26)36(42)46-38(2,3)4/h12,15-21,23,27H,6-11,13-14,22H2,1-5H3. The highest BCUT2D eigenvalue weighted by molar-refractivity contribution is 6.03. The zero-order valence-corrected chi connectivity index (χ0v) is 27.5. The van der Waals surface area contributed by atoms with Crippen LogP contribution in [-0.4, -0.2) is 45.6 Å². The van der Waals surface area contributed by atoms with Gasteiger partial charge in [0.05, 0.1) is 49.5 Å². The highest BCUT2D eigenvalue weighted by Crippen LogP contribution is 2.48. The van der Waals surface area contributed by atoms with E-state index in [9.17, 15) is 9.59 Å². The average molecular weight is 622 g/mol. The molecular formula is C38H43N3O5. The number of carbonyl (C=O) groups excluding carboxylic acids is 2. The maximum atomic E-state index is 13.4. The molecule has 3 heterocycles. The van der Waals surface area contributed by atoms with Gasteiger partial charge in [-0.3, -0.25) is 4.68 Å². The van der Waals surface area contributed by atoms with Crippen LogP contribution < -0.4 is 4.74 Å². The van der Waals surface area contributed by atoms with E-state index < -0.39 is 5.60 Å². The highest BCUT2D eigenvalue weighted by atomic mass is 16.6. The third-order valence-electron chi connectivity index (χ3n) is 9.41. The van der Waals surface area contributed by atoms with Gasteiger partial charge in [0.1, 0.15) is 16.9 Å². The number of nitrogens with zero attached hydrogens (tertiary/aromatic N) is 3. The van der Waals surface area contributed by atoms with Gasteiger partial charge in [-0.25, -0.2) is 9.59 Å². The fourth-order valence-electron chi connectivity index (χ4n) is 7.29. The summed E-state index contributed by atoms with van der Waals surface area (Å²) in [5, 5.41) is 5.89. The predicted octanol–water partition coefficient (Wildman–Crippen LogP) is 8.58. The first-order valence-electron chi connectivity index (χ1n) is 16.7. The number of benzene rings is 2. The molecule has 0 radical (unpaired) electrons. The molecule has 2 aromatic heterocycles. The molecule has 0 spiro atoms. The van der Waals surface area contributed by atoms with Crippen molar-refractivity contribution in [1.29, 1.82) is 0 Å². The van der Waals surface area contributed by atoms with Crippen molar-refractivity contribution in [2.45, 2.75) is 96.7 Å². The van der Waals surface area contributed by atoms with Crippen LogP contribution in [0.2, 0.25) is 0 Å². The Balaban J connectivity index is 1.50. The maximum Gasteiger partial charge on any atom is 0.341 e. The van der Waals surface area contributed by atoms with Gasteiger partial charge in [0.2, 0.25) is 0 Å². The molecule has 3 aliphatic rings. The molecule has 1 aliphatic heterocycles. The minimum Gasteiger partial charge on any atom is -0.497 e. The van der Waals surface area contributed by atoms with E-state index in [1.54, 1.807) is 13.3 Å². The third-order valence-corrected chi connectivity index (χ3v) is 9.41. The Morgan fingerprint density at radius 1 is 0.957 bits per heavy atom. The van der Waals surface area contributed by atoms with E-state index in [4.69, 9.17) is 19.3 Å². The first-order valence-corrected chi connectivity index (χ1v) is 16.7. The lowest BCUT2D eigenvalue weighted by Crippen LogP contribution is -2.23. The maximum absolute atomic E-state index is 13.4. The number of hydrogen-bond donors (Lipinski definition) is 0. The summed E-state index contributed by atoms with van der Waals surface area (Å²) < 4.78 is 21.4. The lowest BCUT2D eigenvalue weighted by atomic mass is 9.81. The minimum atomic E-state index is -0.603. The number of carbonyl (C=O) groups is 2. The van der Waals surface area contributed by atoms with Crippen LogP contribution in [0.4, 0.5) is 0 Å². The summed E-state index contributed by atoms with van der Waals surface area (Å²) >= 11 is 0. The summed E-state index contributed by atoms with van der Waals surface area (Å²) in [4.78, 5) is 26.7. The summed E-state index contributed by atoms with van der Waals surface area (Å²) in [6.07, 6.45) is 11.8. The number of rotatable bonds is 7. The lowest BCUT2D eigenvalue weighted by Gasteiger charge is -2.24. The Morgan fingerprint density at radius 3 is 2.43 bits per heavy atom. The van der Waals surface area contributed by atoms with E-state index >= 15 is 0 Å². The zero-order valence-electron chi connectivity index (χ0n) is 27.5. The molecule has 4 aromatic rings. The molecule has 2 fully saturated rings. The number of hydrogen-bond acceptors (Lipinski definition) is 6. The molecule has 0 atom stereocenters. The molecule has 2 aromatic carbocycles. The van der Waals surface area contributed by atoms with Gasteiger partial charge >= 0.3 is 11.9 Å². The first kappa shape index (κ1) is 30.3. The Bertz CT molecular complexity index is 1860. The van der Waals surface area contributed by atoms with Gasteiger partial charge < -0.3 is 18.8 Å². The fourth-order valence-corrected chi connectivity index (χ4v) is 7.29. The molecule has 8 nitrogen and oxygen atoms in total. The summed E-state index contributed by atoms with van der Waals surface area (Å²) in [5.74, 6) is 0.471. The van der Waals surface area contributed by atoms with E-state index in [0.29, 0.717) is 23.6 Å². The van der Waals surface area contributed by atoms with Gasteiger partial charge in [-0.15, -0.1) is 0 Å². The van der Waals surface area contributed by atoms with Crippen molar-refractivity contribution in [3.63, 3.8) is 0 Å². The summed E-state index contributed by atoms with van der Waals surface area (Å²) in [6.45, 7) is 8.28. The Kier molecular flexibility index (Phi) is 7.78. The van der Waals surface area contributed by atoms with Crippen LogP contribution in [0, 0.1) is 0 Å². The predicted molar refractivity (Wildman–Crippen MR) is 179 cm³/mol. The van der Waals surface area contributed by atoms with Gasteiger partial charge in [-0.1, -0.05) is 25.3 Å². The van der Waals surface area contributed by atoms with Crippen LogP contribution in [0.5, 0.6) is 5.75 Å². The van der Waals surface area contributed by atoms with Crippen molar-refractivity contribution in [1.82, 2.24) is 14.3 Å². The smallest absolute Gasteiger partial charge is 0.341 e. The first-order chi connectivity index (χ1) is 22.2. The fraction of sp³-hybridized carbons (Fsp3) is 0.447. The van der Waals surface area contributed by atoms with Crippen LogP contribution >= 0.6 is 0 Å². The lowest BCUT2D eigenvalue weighted by molar-refractivity contribution is 0.00693. The van der Waals surface area contributed by atoms with E-state index in [1.807, 2.05) is 50.6 Å². The van der Waals surface area contributed by atoms with Crippen molar-refractivity contribution < 1.29 is 23.8 Å². The average Bonchev–Trinajstić information content (AvgIpc) is 3.74. The van der Waals surface area contributed by atoms with Crippen LogP contribution in [0.15, 0.2) is 42.6 Å². The molecule has 0 saturated heterocycles. The van der Waals surface area contributed by atoms with Crippen LogP contribution in [-0.2, 0) is 16.0 Å². The zero-order chi connectivity index (χ0) is 32.2. The normalized spacial score (nSPS) is 16.8. The molecule has 240 valence electrons. The Hall–Kier alpha value is -4.33. The Morgan fingerprint density at radius 2 is 1.74 bits per heavy atom. The van der Waals surface area contributed by atoms with Crippen molar-refractivity contribution >= 4 is 34.5 Å². The van der Waals surface area contributed by atoms with Crippen LogP contribution in [0.1, 0.15) is 122 Å². The second kappa shape index (κ2) is 11.8. The van der Waals surface area contributed by atoms with Gasteiger partial charge in [-0.05, 0) is 112 Å². The molecule has 8 heteroatoms. The number of esters is 2. The van der Waals surface area contributed by atoms with Crippen molar-refractivity contribution in [2.24, 2.45) is 0 Å². The quantitative estimate of drug-likeness (QED) is 0.192. The number of aromatic nitrogens is 3. The third kappa shape index (κ3) is 5.52. The summed E-state index contributed by atoms with van der Waals surface area (Å²) in [6, 6.07) is 12.5. The molecule has 0 bridgehead atoms. The van der Waals surface area contributed by atoms with Crippen LogP contribution in [0.3, 0.4) is 0 Å². The van der Waals surface area contributed by atoms with Gasteiger partial charge in [0.25, 0.3) is 0 Å². The van der Waals surface area contributed by atoms with Crippen molar-refractivity contribution in [2.75, 3.05) is 13.7 Å². The highest BCUT2D eigenvalue weighted by Gasteiger charge is 2.35. The summed E-state index contributed by atoms with van der Waals surface area (Å²) in [7, 11) is 1.69. The molecule has 0 N–H and O–H groups in total. The number of fused-ring (bicyclic) bond motifs is 5. The molecule has 2 aliphatic carbocycles. The second-order valence-electron chi connectivity index (χ2n) is 13.8. The van der Waals surface area contributed by atoms with E-state index in [1.165, 1.54) is 35.9 Å². The Labute approximate surface area is 270 Å². The largest absolute Gasteiger partial charge is 0.497 e. The SMILES string of the molecule is CCOC(=O)c1cnn(C2CC2)c1C1=Cc2cc(OC)ccc2-c2c(C3CCCCC3)c3ccc(C(=O)OC(C)(C)C)cc3n2C1. The number of allylic oxidation sites excluding steroid dienone is 1. The molecule has 0 amide bonds. The van der Waals surface area contributed by atoms with E-state index in [2.05, 4.69) is 28.8 Å². The van der Waals surface area contributed by atoms with E-state index in [-0.39, 0.29) is 24.6 Å². The van der Waals surface area contributed by atoms with E-state index in [0.717, 1.165) is 59.3 Å². The minimum absolute atomic E-state index is 0.254. The molecule has 0 unspecified atom stereocenters. The number of ether oxygens (including phenoxy) is 3. The molecule has 7 rings (SSSR count). The summed E-state index contributed by atoms with van der Waals surface area (Å²) in [5.41, 5.74) is 7.80. The van der Waals surface area contributed by atoms with Crippen molar-refractivity contribution in [3.8, 4) is 17.0 Å². The van der Waals surface area contributed by atoms with Crippen molar-refractivity contribution in [3.05, 3.63) is 70.5 Å². The van der Waals surface area contributed by atoms with Gasteiger partial charge in [0, 0.05) is 16.5 Å². The van der Waals surface area contributed by atoms with Gasteiger partial charge in [0.15, 0.2) is 0 Å². The second-order valence-corrected chi connectivity index (χ2v) is 13.8. The topological polar surface area (TPSA) is 84.6 Å². The molecule has 46 heavy (non-hydrogen) atoms. The number of methoxy groups -OCH3 is 1. The monoisotopic (exact) mass is 621 g/mol. The van der Waals surface area contributed by atoms with Gasteiger partial charge in [-0.2, -0.15) is 5.10 Å².